The number of rotatable bonds is 6. The van der Waals surface area contributed by atoms with Crippen molar-refractivity contribution in [3.05, 3.63) is 53.2 Å². The zero-order valence-corrected chi connectivity index (χ0v) is 11.0. The molecule has 0 radical (unpaired) electrons. The predicted molar refractivity (Wildman–Crippen MR) is 67.4 cm³/mol. The van der Waals surface area contributed by atoms with Gasteiger partial charge in [-0.2, -0.15) is 0 Å². The van der Waals surface area contributed by atoms with Crippen molar-refractivity contribution in [3.8, 4) is 0 Å². The van der Waals surface area contributed by atoms with Gasteiger partial charge in [0.25, 0.3) is 0 Å². The minimum absolute atomic E-state index is 0.108. The number of nitrogens with zero attached hydrogens (tertiary/aromatic N) is 1. The van der Waals surface area contributed by atoms with Crippen LogP contribution in [0, 0.1) is 5.82 Å². The Morgan fingerprint density at radius 1 is 1.35 bits per heavy atom. The molecule has 0 saturated heterocycles. The molecule has 0 aliphatic heterocycles. The molecule has 1 heterocycles. The van der Waals surface area contributed by atoms with Gasteiger partial charge in [0, 0.05) is 6.07 Å². The molecule has 0 aliphatic rings. The first-order valence-corrected chi connectivity index (χ1v) is 6.14. The van der Waals surface area contributed by atoms with Crippen LogP contribution in [0.15, 0.2) is 34.9 Å². The molecule has 1 aromatic heterocycles. The number of benzene rings is 1. The lowest BCUT2D eigenvalue weighted by atomic mass is 10.2. The van der Waals surface area contributed by atoms with Crippen molar-refractivity contribution in [2.24, 2.45) is 0 Å². The van der Waals surface area contributed by atoms with Crippen molar-refractivity contribution < 1.29 is 23.2 Å². The van der Waals surface area contributed by atoms with Crippen LogP contribution in [0.25, 0.3) is 0 Å². The van der Waals surface area contributed by atoms with Gasteiger partial charge in [-0.1, -0.05) is 17.3 Å². The van der Waals surface area contributed by atoms with E-state index in [-0.39, 0.29) is 31.3 Å². The van der Waals surface area contributed by atoms with E-state index in [4.69, 9.17) is 14.0 Å². The molecule has 0 atom stereocenters. The number of carbonyl (C=O) groups is 1. The Labute approximate surface area is 115 Å². The summed E-state index contributed by atoms with van der Waals surface area (Å²) in [5.74, 6) is -0.438. The summed E-state index contributed by atoms with van der Waals surface area (Å²) in [6.45, 7) is 2.37. The van der Waals surface area contributed by atoms with E-state index in [1.807, 2.05) is 0 Å². The van der Waals surface area contributed by atoms with Crippen LogP contribution in [0.5, 0.6) is 0 Å². The fraction of sp³-hybridized carbons (Fsp3) is 0.286. The van der Waals surface area contributed by atoms with E-state index in [1.165, 1.54) is 18.2 Å². The highest BCUT2D eigenvalue weighted by Gasteiger charge is 2.13. The van der Waals surface area contributed by atoms with Crippen molar-refractivity contribution in [1.82, 2.24) is 5.16 Å². The van der Waals surface area contributed by atoms with Crippen LogP contribution in [0.2, 0.25) is 0 Å². The van der Waals surface area contributed by atoms with Crippen molar-refractivity contribution in [3.63, 3.8) is 0 Å². The van der Waals surface area contributed by atoms with Gasteiger partial charge in [0.1, 0.15) is 12.4 Å². The van der Waals surface area contributed by atoms with Crippen LogP contribution in [-0.4, -0.2) is 17.7 Å². The topological polar surface area (TPSA) is 61.6 Å². The van der Waals surface area contributed by atoms with Gasteiger partial charge in [0.15, 0.2) is 11.5 Å². The summed E-state index contributed by atoms with van der Waals surface area (Å²) in [6, 6.07) is 7.59. The standard InChI is InChI=1S/C14H14FNO4/c1-2-19-14(17)13-7-12(20-16-13)9-18-8-10-4-3-5-11(15)6-10/h3-7H,2,8-9H2,1H3. The molecule has 0 saturated carbocycles. The van der Waals surface area contributed by atoms with Crippen molar-refractivity contribution in [2.45, 2.75) is 20.1 Å². The van der Waals surface area contributed by atoms with Gasteiger partial charge in [0.2, 0.25) is 0 Å². The molecule has 0 unspecified atom stereocenters. The van der Waals surface area contributed by atoms with Crippen LogP contribution in [-0.2, 0) is 22.7 Å². The molecule has 2 aromatic rings. The Hall–Kier alpha value is -2.21. The number of hydrogen-bond donors (Lipinski definition) is 0. The van der Waals surface area contributed by atoms with Gasteiger partial charge in [-0.05, 0) is 24.6 Å². The molecule has 0 spiro atoms. The summed E-state index contributed by atoms with van der Waals surface area (Å²) in [5, 5.41) is 3.58. The summed E-state index contributed by atoms with van der Waals surface area (Å²) >= 11 is 0. The Bertz CT molecular complexity index is 582. The highest BCUT2D eigenvalue weighted by atomic mass is 19.1. The SMILES string of the molecule is CCOC(=O)c1cc(COCc2cccc(F)c2)on1. The zero-order chi connectivity index (χ0) is 14.4. The van der Waals surface area contributed by atoms with Crippen molar-refractivity contribution >= 4 is 5.97 Å². The van der Waals surface area contributed by atoms with Gasteiger partial charge < -0.3 is 14.0 Å². The molecule has 5 nitrogen and oxygen atoms in total. The van der Waals surface area contributed by atoms with E-state index < -0.39 is 5.97 Å². The molecule has 0 amide bonds. The molecule has 1 aromatic carbocycles. The van der Waals surface area contributed by atoms with Gasteiger partial charge in [-0.25, -0.2) is 9.18 Å². The van der Waals surface area contributed by atoms with Crippen LogP contribution >= 0.6 is 0 Å². The van der Waals surface area contributed by atoms with Crippen LogP contribution in [0.4, 0.5) is 4.39 Å². The Morgan fingerprint density at radius 3 is 2.95 bits per heavy atom. The monoisotopic (exact) mass is 279 g/mol. The average molecular weight is 279 g/mol. The van der Waals surface area contributed by atoms with Gasteiger partial charge in [-0.3, -0.25) is 0 Å². The Kier molecular flexibility index (Phi) is 4.84. The smallest absolute Gasteiger partial charge is 0.360 e. The first-order chi connectivity index (χ1) is 9.69. The maximum atomic E-state index is 12.9. The number of hydrogen-bond acceptors (Lipinski definition) is 5. The van der Waals surface area contributed by atoms with Gasteiger partial charge in [-0.15, -0.1) is 0 Å². The number of carbonyl (C=O) groups excluding carboxylic acids is 1. The summed E-state index contributed by atoms with van der Waals surface area (Å²) in [4.78, 5) is 11.4. The predicted octanol–water partition coefficient (Wildman–Crippen LogP) is 2.71. The van der Waals surface area contributed by atoms with E-state index in [9.17, 15) is 9.18 Å². The maximum Gasteiger partial charge on any atom is 0.360 e. The number of ether oxygens (including phenoxy) is 2. The largest absolute Gasteiger partial charge is 0.461 e. The van der Waals surface area contributed by atoms with E-state index in [2.05, 4.69) is 5.16 Å². The van der Waals surface area contributed by atoms with Crippen molar-refractivity contribution in [2.75, 3.05) is 6.61 Å². The summed E-state index contributed by atoms with van der Waals surface area (Å²) in [7, 11) is 0. The Balaban J connectivity index is 1.84. The van der Waals surface area contributed by atoms with Crippen LogP contribution < -0.4 is 0 Å². The maximum absolute atomic E-state index is 12.9. The lowest BCUT2D eigenvalue weighted by molar-refractivity contribution is 0.0513. The third-order valence-electron chi connectivity index (χ3n) is 2.45. The minimum Gasteiger partial charge on any atom is -0.461 e. The third kappa shape index (κ3) is 3.89. The molecule has 106 valence electrons. The number of aromatic nitrogens is 1. The Morgan fingerprint density at radius 2 is 2.20 bits per heavy atom. The van der Waals surface area contributed by atoms with Gasteiger partial charge >= 0.3 is 5.97 Å². The lowest BCUT2D eigenvalue weighted by Gasteiger charge is -2.01. The molecular weight excluding hydrogens is 265 g/mol. The van der Waals surface area contributed by atoms with E-state index >= 15 is 0 Å². The second-order valence-electron chi connectivity index (χ2n) is 4.02. The normalized spacial score (nSPS) is 10.5. The van der Waals surface area contributed by atoms with Crippen molar-refractivity contribution in [1.29, 1.82) is 0 Å². The molecular formula is C14H14FNO4. The van der Waals surface area contributed by atoms with Gasteiger partial charge in [0.05, 0.1) is 13.2 Å². The summed E-state index contributed by atoms with van der Waals surface area (Å²) < 4.78 is 28.0. The second-order valence-corrected chi connectivity index (χ2v) is 4.02. The third-order valence-corrected chi connectivity index (χ3v) is 2.45. The second kappa shape index (κ2) is 6.81. The highest BCUT2D eigenvalue weighted by molar-refractivity contribution is 5.87. The molecule has 20 heavy (non-hydrogen) atoms. The molecule has 0 bridgehead atoms. The van der Waals surface area contributed by atoms with E-state index in [0.717, 1.165) is 5.56 Å². The molecule has 0 aliphatic carbocycles. The fourth-order valence-electron chi connectivity index (χ4n) is 1.58. The highest BCUT2D eigenvalue weighted by Crippen LogP contribution is 2.09. The van der Waals surface area contributed by atoms with Crippen LogP contribution in [0.3, 0.4) is 0 Å². The van der Waals surface area contributed by atoms with Crippen LogP contribution in [0.1, 0.15) is 28.7 Å². The summed E-state index contributed by atoms with van der Waals surface area (Å²) in [5.41, 5.74) is 0.825. The molecule has 2 rings (SSSR count). The molecule has 0 N–H and O–H groups in total. The fourth-order valence-corrected chi connectivity index (χ4v) is 1.58. The molecule has 0 fully saturated rings. The average Bonchev–Trinajstić information content (AvgIpc) is 2.88. The van der Waals surface area contributed by atoms with E-state index in [0.29, 0.717) is 5.76 Å². The zero-order valence-electron chi connectivity index (χ0n) is 11.0. The quantitative estimate of drug-likeness (QED) is 0.761. The first kappa shape index (κ1) is 14.2. The number of halogens is 1. The minimum atomic E-state index is -0.535. The lowest BCUT2D eigenvalue weighted by Crippen LogP contribution is -2.04. The number of esters is 1. The first-order valence-electron chi connectivity index (χ1n) is 6.14. The van der Waals surface area contributed by atoms with E-state index in [1.54, 1.807) is 19.1 Å². The summed E-state index contributed by atoms with van der Waals surface area (Å²) in [6.07, 6.45) is 0. The molecule has 6 heteroatoms.